The van der Waals surface area contributed by atoms with Crippen molar-refractivity contribution in [3.05, 3.63) is 0 Å². The Morgan fingerprint density at radius 1 is 1.13 bits per heavy atom. The summed E-state index contributed by atoms with van der Waals surface area (Å²) in [5.74, 6) is 0.718. The van der Waals surface area contributed by atoms with Crippen molar-refractivity contribution in [2.24, 2.45) is 5.92 Å². The lowest BCUT2D eigenvalue weighted by Crippen LogP contribution is -2.40. The minimum Gasteiger partial charge on any atom is -0.212 e. The largest absolute Gasteiger partial charge is 0.216 e. The van der Waals surface area contributed by atoms with Crippen molar-refractivity contribution in [2.45, 2.75) is 37.4 Å². The summed E-state index contributed by atoms with van der Waals surface area (Å²) in [7, 11) is -2.91. The molecule has 88 valence electrons. The Morgan fingerprint density at radius 3 is 2.20 bits per heavy atom. The van der Waals surface area contributed by atoms with Crippen molar-refractivity contribution >= 4 is 26.0 Å². The molecule has 1 saturated heterocycles. The van der Waals surface area contributed by atoms with Crippen LogP contribution in [0, 0.1) is 5.92 Å². The highest BCUT2D eigenvalue weighted by Crippen LogP contribution is 2.33. The van der Waals surface area contributed by atoms with E-state index in [-0.39, 0.29) is 5.25 Å². The minimum absolute atomic E-state index is 0.0368. The van der Waals surface area contributed by atoms with E-state index in [9.17, 15) is 8.42 Å². The Kier molecular flexibility index (Phi) is 3.73. The van der Waals surface area contributed by atoms with Crippen molar-refractivity contribution in [1.82, 2.24) is 4.31 Å². The maximum atomic E-state index is 11.9. The van der Waals surface area contributed by atoms with Crippen LogP contribution in [0.2, 0.25) is 0 Å². The highest BCUT2D eigenvalue weighted by Gasteiger charge is 2.40. The summed E-state index contributed by atoms with van der Waals surface area (Å²) >= 11 is 3.44. The van der Waals surface area contributed by atoms with E-state index in [2.05, 4.69) is 15.9 Å². The number of piperidine rings is 1. The summed E-state index contributed by atoms with van der Waals surface area (Å²) < 4.78 is 25.6. The molecule has 0 amide bonds. The van der Waals surface area contributed by atoms with Crippen LogP contribution in [0.25, 0.3) is 0 Å². The number of rotatable bonds is 4. The molecule has 1 aliphatic heterocycles. The molecule has 1 aliphatic carbocycles. The first kappa shape index (κ1) is 11.9. The van der Waals surface area contributed by atoms with Gasteiger partial charge < -0.3 is 0 Å². The molecular weight excluding hydrogens is 278 g/mol. The normalized spacial score (nSPS) is 25.7. The van der Waals surface area contributed by atoms with Crippen molar-refractivity contribution < 1.29 is 8.42 Å². The first-order chi connectivity index (χ1) is 7.14. The highest BCUT2D eigenvalue weighted by molar-refractivity contribution is 9.09. The molecule has 2 fully saturated rings. The summed E-state index contributed by atoms with van der Waals surface area (Å²) in [4.78, 5) is 0. The van der Waals surface area contributed by atoms with Crippen molar-refractivity contribution in [2.75, 3.05) is 18.4 Å². The molecule has 0 radical (unpaired) electrons. The lowest BCUT2D eigenvalue weighted by Gasteiger charge is -2.30. The minimum atomic E-state index is -2.91. The fraction of sp³-hybridized carbons (Fsp3) is 1.00. The van der Waals surface area contributed by atoms with Gasteiger partial charge >= 0.3 is 0 Å². The summed E-state index contributed by atoms with van der Waals surface area (Å²) in [6, 6.07) is 0. The van der Waals surface area contributed by atoms with Crippen LogP contribution in [0.3, 0.4) is 0 Å². The molecular formula is C10H18BrNO2S. The average Bonchev–Trinajstić information content (AvgIpc) is 3.02. The fourth-order valence-electron chi connectivity index (χ4n) is 2.18. The molecule has 0 atom stereocenters. The van der Waals surface area contributed by atoms with Gasteiger partial charge in [-0.3, -0.25) is 0 Å². The number of hydrogen-bond donors (Lipinski definition) is 0. The number of sulfonamides is 1. The third-order valence-electron chi connectivity index (χ3n) is 3.40. The zero-order chi connectivity index (χ0) is 10.9. The second-order valence-corrected chi connectivity index (χ2v) is 7.57. The van der Waals surface area contributed by atoms with Gasteiger partial charge in [-0.2, -0.15) is 0 Å². The quantitative estimate of drug-likeness (QED) is 0.744. The van der Waals surface area contributed by atoms with Crippen LogP contribution in [0.1, 0.15) is 32.1 Å². The van der Waals surface area contributed by atoms with Gasteiger partial charge in [0.05, 0.1) is 5.25 Å². The second kappa shape index (κ2) is 4.72. The number of nitrogens with zero attached hydrogens (tertiary/aromatic N) is 1. The molecule has 3 nitrogen and oxygen atoms in total. The molecule has 0 unspecified atom stereocenters. The standard InChI is InChI=1S/C10H18BrNO2S/c11-6-3-9-4-7-12(8-5-9)15(13,14)10-1-2-10/h9-10H,1-8H2. The predicted molar refractivity (Wildman–Crippen MR) is 64.6 cm³/mol. The average molecular weight is 296 g/mol. The van der Waals surface area contributed by atoms with Crippen LogP contribution in [-0.4, -0.2) is 36.4 Å². The Labute approximate surface area is 100 Å². The van der Waals surface area contributed by atoms with Gasteiger partial charge in [0.15, 0.2) is 0 Å². The van der Waals surface area contributed by atoms with E-state index in [0.717, 1.165) is 50.0 Å². The summed E-state index contributed by atoms with van der Waals surface area (Å²) in [5, 5.41) is 0.998. The molecule has 0 aromatic carbocycles. The third kappa shape index (κ3) is 2.74. The Balaban J connectivity index is 1.87. The molecule has 0 spiro atoms. The van der Waals surface area contributed by atoms with Gasteiger partial charge in [0, 0.05) is 18.4 Å². The highest BCUT2D eigenvalue weighted by atomic mass is 79.9. The molecule has 1 heterocycles. The van der Waals surface area contributed by atoms with Crippen LogP contribution >= 0.6 is 15.9 Å². The first-order valence-electron chi connectivity index (χ1n) is 5.69. The number of alkyl halides is 1. The molecule has 1 saturated carbocycles. The summed E-state index contributed by atoms with van der Waals surface area (Å²) in [5.41, 5.74) is 0. The maximum Gasteiger partial charge on any atom is 0.216 e. The fourth-order valence-corrected chi connectivity index (χ4v) is 4.70. The Bertz CT molecular complexity index is 305. The number of halogens is 1. The topological polar surface area (TPSA) is 37.4 Å². The van der Waals surface area contributed by atoms with Crippen LogP contribution in [0.15, 0.2) is 0 Å². The van der Waals surface area contributed by atoms with E-state index >= 15 is 0 Å². The molecule has 15 heavy (non-hydrogen) atoms. The van der Waals surface area contributed by atoms with E-state index in [1.807, 2.05) is 0 Å². The maximum absolute atomic E-state index is 11.9. The van der Waals surface area contributed by atoms with Gasteiger partial charge in [0.25, 0.3) is 0 Å². The smallest absolute Gasteiger partial charge is 0.212 e. The zero-order valence-electron chi connectivity index (χ0n) is 8.86. The van der Waals surface area contributed by atoms with Gasteiger partial charge in [-0.05, 0) is 38.0 Å². The van der Waals surface area contributed by atoms with Crippen LogP contribution in [0.4, 0.5) is 0 Å². The Morgan fingerprint density at radius 2 is 1.73 bits per heavy atom. The summed E-state index contributed by atoms with van der Waals surface area (Å²) in [6.45, 7) is 1.49. The van der Waals surface area contributed by atoms with Gasteiger partial charge in [-0.1, -0.05) is 15.9 Å². The van der Waals surface area contributed by atoms with E-state index in [4.69, 9.17) is 0 Å². The molecule has 0 N–H and O–H groups in total. The Hall–Kier alpha value is 0.390. The first-order valence-corrected chi connectivity index (χ1v) is 8.32. The summed E-state index contributed by atoms with van der Waals surface area (Å²) in [6.07, 6.45) is 5.01. The van der Waals surface area contributed by atoms with Crippen LogP contribution < -0.4 is 0 Å². The zero-order valence-corrected chi connectivity index (χ0v) is 11.3. The van der Waals surface area contributed by atoms with E-state index in [1.54, 1.807) is 4.31 Å². The predicted octanol–water partition coefficient (Wildman–Crippen LogP) is 1.98. The van der Waals surface area contributed by atoms with Crippen LogP contribution in [-0.2, 0) is 10.0 Å². The second-order valence-electron chi connectivity index (χ2n) is 4.56. The van der Waals surface area contributed by atoms with Crippen molar-refractivity contribution in [3.8, 4) is 0 Å². The lowest BCUT2D eigenvalue weighted by molar-refractivity contribution is 0.270. The van der Waals surface area contributed by atoms with Gasteiger partial charge in [-0.15, -0.1) is 0 Å². The third-order valence-corrected chi connectivity index (χ3v) is 6.25. The van der Waals surface area contributed by atoms with Gasteiger partial charge in [0.2, 0.25) is 10.0 Å². The number of hydrogen-bond acceptors (Lipinski definition) is 2. The molecule has 0 aromatic rings. The molecule has 2 rings (SSSR count). The van der Waals surface area contributed by atoms with Crippen LogP contribution in [0.5, 0.6) is 0 Å². The molecule has 5 heteroatoms. The monoisotopic (exact) mass is 295 g/mol. The SMILES string of the molecule is O=S(=O)(C1CC1)N1CCC(CCBr)CC1. The van der Waals surface area contributed by atoms with Crippen molar-refractivity contribution in [1.29, 1.82) is 0 Å². The molecule has 0 aromatic heterocycles. The van der Waals surface area contributed by atoms with Gasteiger partial charge in [-0.25, -0.2) is 12.7 Å². The van der Waals surface area contributed by atoms with Crippen molar-refractivity contribution in [3.63, 3.8) is 0 Å². The van der Waals surface area contributed by atoms with Gasteiger partial charge in [0.1, 0.15) is 0 Å². The van der Waals surface area contributed by atoms with E-state index < -0.39 is 10.0 Å². The van der Waals surface area contributed by atoms with E-state index in [1.165, 1.54) is 6.42 Å². The van der Waals surface area contributed by atoms with E-state index in [0.29, 0.717) is 0 Å². The molecule has 0 bridgehead atoms. The lowest BCUT2D eigenvalue weighted by atomic mass is 9.96. The molecule has 2 aliphatic rings.